The first-order chi connectivity index (χ1) is 8.50. The van der Waals surface area contributed by atoms with Gasteiger partial charge in [-0.15, -0.1) is 0 Å². The molecular weight excluding hydrogens is 224 g/mol. The number of aliphatic hydroxyl groups excluding tert-OH is 1. The molecule has 3 heteroatoms. The molecule has 1 heterocycles. The van der Waals surface area contributed by atoms with Crippen molar-refractivity contribution in [2.45, 2.75) is 64.5 Å². The molecule has 1 fully saturated rings. The summed E-state index contributed by atoms with van der Waals surface area (Å²) < 4.78 is 0. The lowest BCUT2D eigenvalue weighted by Crippen LogP contribution is -2.44. The molecule has 0 bridgehead atoms. The van der Waals surface area contributed by atoms with E-state index in [0.29, 0.717) is 0 Å². The van der Waals surface area contributed by atoms with Crippen molar-refractivity contribution in [3.05, 3.63) is 0 Å². The molecule has 0 aromatic heterocycles. The second-order valence-electron chi connectivity index (χ2n) is 6.45. The Hall–Kier alpha value is -0.120. The van der Waals surface area contributed by atoms with Gasteiger partial charge in [-0.25, -0.2) is 0 Å². The van der Waals surface area contributed by atoms with Gasteiger partial charge in [0.15, 0.2) is 0 Å². The number of unbranched alkanes of at least 4 members (excludes halogenated alkanes) is 1. The molecule has 108 valence electrons. The molecule has 0 saturated carbocycles. The molecule has 0 aromatic carbocycles. The van der Waals surface area contributed by atoms with Crippen LogP contribution in [0.25, 0.3) is 0 Å². The molecule has 3 nitrogen and oxygen atoms in total. The second-order valence-corrected chi connectivity index (χ2v) is 6.45. The van der Waals surface area contributed by atoms with Gasteiger partial charge < -0.3 is 15.3 Å². The summed E-state index contributed by atoms with van der Waals surface area (Å²) in [4.78, 5) is 2.64. The average Bonchev–Trinajstić information content (AvgIpc) is 2.38. The lowest BCUT2D eigenvalue weighted by atomic mass is 9.93. The van der Waals surface area contributed by atoms with Crippen LogP contribution in [-0.2, 0) is 0 Å². The lowest BCUT2D eigenvalue weighted by molar-refractivity contribution is 0.119. The third-order valence-electron chi connectivity index (χ3n) is 4.62. The highest BCUT2D eigenvalue weighted by molar-refractivity contribution is 4.81. The summed E-state index contributed by atoms with van der Waals surface area (Å²) in [5, 5.41) is 12.6. The molecule has 0 aromatic rings. The van der Waals surface area contributed by atoms with Gasteiger partial charge in [0.2, 0.25) is 0 Å². The third kappa shape index (κ3) is 4.87. The fourth-order valence-corrected chi connectivity index (χ4v) is 2.80. The predicted octanol–water partition coefficient (Wildman–Crippen LogP) is 2.25. The second kappa shape index (κ2) is 7.46. The molecule has 0 aliphatic carbocycles. The number of nitrogens with zero attached hydrogens (tertiary/aromatic N) is 1. The van der Waals surface area contributed by atoms with Crippen LogP contribution >= 0.6 is 0 Å². The smallest absolute Gasteiger partial charge is 0.0610 e. The van der Waals surface area contributed by atoms with Gasteiger partial charge in [-0.2, -0.15) is 0 Å². The van der Waals surface area contributed by atoms with Crippen molar-refractivity contribution in [2.75, 3.05) is 26.7 Å². The maximum absolute atomic E-state index is 9.34. The van der Waals surface area contributed by atoms with Crippen molar-refractivity contribution in [3.63, 3.8) is 0 Å². The van der Waals surface area contributed by atoms with Crippen molar-refractivity contribution in [1.29, 1.82) is 0 Å². The molecule has 0 amide bonds. The minimum Gasteiger partial charge on any atom is -0.394 e. The van der Waals surface area contributed by atoms with E-state index in [-0.39, 0.29) is 12.1 Å². The summed E-state index contributed by atoms with van der Waals surface area (Å²) in [7, 11) is 1.94. The van der Waals surface area contributed by atoms with E-state index in [1.807, 2.05) is 7.05 Å². The summed E-state index contributed by atoms with van der Waals surface area (Å²) in [6.07, 6.45) is 6.23. The van der Waals surface area contributed by atoms with Crippen LogP contribution < -0.4 is 5.32 Å². The molecule has 1 saturated heterocycles. The quantitative estimate of drug-likeness (QED) is 0.686. The number of aliphatic hydroxyl groups is 1. The molecule has 0 radical (unpaired) electrons. The highest BCUT2D eigenvalue weighted by Crippen LogP contribution is 2.22. The van der Waals surface area contributed by atoms with Gasteiger partial charge in [-0.1, -0.05) is 13.3 Å². The highest BCUT2D eigenvalue weighted by atomic mass is 16.3. The largest absolute Gasteiger partial charge is 0.394 e. The molecular formula is C15H32N2O. The topological polar surface area (TPSA) is 35.5 Å². The first kappa shape index (κ1) is 15.9. The molecule has 0 spiro atoms. The monoisotopic (exact) mass is 256 g/mol. The van der Waals surface area contributed by atoms with Crippen LogP contribution in [0.1, 0.15) is 52.9 Å². The van der Waals surface area contributed by atoms with Crippen molar-refractivity contribution >= 4 is 0 Å². The number of rotatable bonds is 7. The summed E-state index contributed by atoms with van der Waals surface area (Å²) >= 11 is 0. The number of nitrogens with one attached hydrogen (secondary N) is 1. The molecule has 18 heavy (non-hydrogen) atoms. The van der Waals surface area contributed by atoms with Crippen LogP contribution in [0.4, 0.5) is 0 Å². The lowest BCUT2D eigenvalue weighted by Gasteiger charge is -2.37. The molecule has 1 aliphatic heterocycles. The van der Waals surface area contributed by atoms with Gasteiger partial charge in [0.1, 0.15) is 0 Å². The fourth-order valence-electron chi connectivity index (χ4n) is 2.80. The van der Waals surface area contributed by atoms with E-state index < -0.39 is 0 Å². The Bertz CT molecular complexity index is 229. The Morgan fingerprint density at radius 3 is 2.61 bits per heavy atom. The van der Waals surface area contributed by atoms with Crippen molar-refractivity contribution in [1.82, 2.24) is 10.2 Å². The van der Waals surface area contributed by atoms with Crippen LogP contribution in [0.2, 0.25) is 0 Å². The Labute approximate surface area is 113 Å². The SMILES string of the molecule is CNC(C)(CO)CCCCN1CC(C)CCC1C. The van der Waals surface area contributed by atoms with Gasteiger partial charge in [0.05, 0.1) is 6.61 Å². The number of likely N-dealkylation sites (tertiary alicyclic amines) is 1. The van der Waals surface area contributed by atoms with Crippen LogP contribution in [-0.4, -0.2) is 48.3 Å². The Balaban J connectivity index is 2.21. The van der Waals surface area contributed by atoms with Crippen LogP contribution in [0.5, 0.6) is 0 Å². The zero-order valence-corrected chi connectivity index (χ0v) is 12.7. The van der Waals surface area contributed by atoms with Crippen LogP contribution in [0, 0.1) is 5.92 Å². The van der Waals surface area contributed by atoms with Gasteiger partial charge in [0, 0.05) is 18.1 Å². The number of hydrogen-bond donors (Lipinski definition) is 2. The summed E-state index contributed by atoms with van der Waals surface area (Å²) in [6, 6.07) is 0.759. The van der Waals surface area contributed by atoms with Crippen molar-refractivity contribution < 1.29 is 5.11 Å². The molecule has 3 unspecified atom stereocenters. The van der Waals surface area contributed by atoms with Gasteiger partial charge in [0.25, 0.3) is 0 Å². The first-order valence-corrected chi connectivity index (χ1v) is 7.54. The summed E-state index contributed by atoms with van der Waals surface area (Å²) in [5.74, 6) is 0.862. The molecule has 2 N–H and O–H groups in total. The summed E-state index contributed by atoms with van der Waals surface area (Å²) in [5.41, 5.74) is -0.0964. The Morgan fingerprint density at radius 1 is 1.28 bits per heavy atom. The van der Waals surface area contributed by atoms with E-state index in [1.165, 1.54) is 38.8 Å². The maximum Gasteiger partial charge on any atom is 0.0610 e. The fraction of sp³-hybridized carbons (Fsp3) is 1.00. The van der Waals surface area contributed by atoms with E-state index in [0.717, 1.165) is 18.4 Å². The molecule has 1 aliphatic rings. The maximum atomic E-state index is 9.34. The predicted molar refractivity (Wildman–Crippen MR) is 77.8 cm³/mol. The van der Waals surface area contributed by atoms with Crippen molar-refractivity contribution in [2.24, 2.45) is 5.92 Å². The number of piperidine rings is 1. The van der Waals surface area contributed by atoms with E-state index >= 15 is 0 Å². The minimum atomic E-state index is -0.0964. The van der Waals surface area contributed by atoms with Gasteiger partial charge in [-0.3, -0.25) is 0 Å². The Morgan fingerprint density at radius 2 is 2.00 bits per heavy atom. The standard InChI is InChI=1S/C15H32N2O/c1-13-7-8-14(2)17(11-13)10-6-5-9-15(3,12-18)16-4/h13-14,16,18H,5-12H2,1-4H3. The van der Waals surface area contributed by atoms with Crippen molar-refractivity contribution in [3.8, 4) is 0 Å². The van der Waals surface area contributed by atoms with Crippen LogP contribution in [0.15, 0.2) is 0 Å². The number of likely N-dealkylation sites (N-methyl/N-ethyl adjacent to an activating group) is 1. The molecule has 3 atom stereocenters. The van der Waals surface area contributed by atoms with E-state index in [9.17, 15) is 5.11 Å². The van der Waals surface area contributed by atoms with E-state index in [2.05, 4.69) is 31.0 Å². The minimum absolute atomic E-state index is 0.0964. The zero-order chi connectivity index (χ0) is 13.6. The third-order valence-corrected chi connectivity index (χ3v) is 4.62. The normalized spacial score (nSPS) is 29.2. The Kier molecular flexibility index (Phi) is 6.61. The summed E-state index contributed by atoms with van der Waals surface area (Å²) in [6.45, 7) is 9.53. The van der Waals surface area contributed by atoms with Gasteiger partial charge in [-0.05, 0) is 59.0 Å². The van der Waals surface area contributed by atoms with Gasteiger partial charge >= 0.3 is 0 Å². The average molecular weight is 256 g/mol. The highest BCUT2D eigenvalue weighted by Gasteiger charge is 2.23. The van der Waals surface area contributed by atoms with Crippen LogP contribution in [0.3, 0.4) is 0 Å². The van der Waals surface area contributed by atoms with E-state index in [1.54, 1.807) is 0 Å². The van der Waals surface area contributed by atoms with E-state index in [4.69, 9.17) is 0 Å². The zero-order valence-electron chi connectivity index (χ0n) is 12.7. The first-order valence-electron chi connectivity index (χ1n) is 7.54. The number of hydrogen-bond acceptors (Lipinski definition) is 3. The molecule has 1 rings (SSSR count).